The lowest BCUT2D eigenvalue weighted by Crippen LogP contribution is -2.39. The number of carbonyl (C=O) groups excluding carboxylic acids is 1. The second kappa shape index (κ2) is 8.13. The molecule has 4 nitrogen and oxygen atoms in total. The van der Waals surface area contributed by atoms with E-state index >= 15 is 0 Å². The zero-order valence-corrected chi connectivity index (χ0v) is 16.1. The number of nitrogens with zero attached hydrogens (tertiary/aromatic N) is 2. The fourth-order valence-electron chi connectivity index (χ4n) is 4.35. The molecule has 0 atom stereocenters. The van der Waals surface area contributed by atoms with Gasteiger partial charge in [-0.05, 0) is 61.5 Å². The van der Waals surface area contributed by atoms with E-state index in [2.05, 4.69) is 23.1 Å². The van der Waals surface area contributed by atoms with Gasteiger partial charge >= 0.3 is 0 Å². The zero-order chi connectivity index (χ0) is 18.6. The molecule has 2 aliphatic heterocycles. The molecule has 2 aromatic rings. The average molecular weight is 364 g/mol. The van der Waals surface area contributed by atoms with Gasteiger partial charge in [0.15, 0.2) is 0 Å². The highest BCUT2D eigenvalue weighted by atomic mass is 16.5. The fourth-order valence-corrected chi connectivity index (χ4v) is 4.35. The molecule has 0 aliphatic carbocycles. The Hall–Kier alpha value is -2.33. The Labute approximate surface area is 161 Å². The Morgan fingerprint density at radius 3 is 2.56 bits per heavy atom. The molecule has 142 valence electrons. The molecule has 0 bridgehead atoms. The average Bonchev–Trinajstić information content (AvgIpc) is 3.03. The van der Waals surface area contributed by atoms with Crippen molar-refractivity contribution in [2.45, 2.75) is 25.8 Å². The SMILES string of the molecule is COc1ccccc1CCN1CCC(CN2Cc3ccccc3C2=O)CC1. The predicted molar refractivity (Wildman–Crippen MR) is 107 cm³/mol. The summed E-state index contributed by atoms with van der Waals surface area (Å²) in [6.07, 6.45) is 3.37. The van der Waals surface area contributed by atoms with Crippen LogP contribution in [0, 0.1) is 5.92 Å². The molecule has 0 saturated carbocycles. The lowest BCUT2D eigenvalue weighted by atomic mass is 9.96. The summed E-state index contributed by atoms with van der Waals surface area (Å²) in [6, 6.07) is 16.3. The zero-order valence-electron chi connectivity index (χ0n) is 16.1. The first kappa shape index (κ1) is 18.1. The third-order valence-electron chi connectivity index (χ3n) is 5.97. The van der Waals surface area contributed by atoms with Crippen LogP contribution >= 0.6 is 0 Å². The Balaban J connectivity index is 1.25. The minimum absolute atomic E-state index is 0.212. The highest BCUT2D eigenvalue weighted by Gasteiger charge is 2.30. The standard InChI is InChI=1S/C23H28N2O2/c1-27-22-9-5-3-6-19(22)12-15-24-13-10-18(11-14-24)16-25-17-20-7-2-4-8-21(20)23(25)26/h2-9,18H,10-17H2,1H3. The maximum absolute atomic E-state index is 12.6. The molecule has 2 heterocycles. The molecule has 27 heavy (non-hydrogen) atoms. The third-order valence-corrected chi connectivity index (χ3v) is 5.97. The number of benzene rings is 2. The normalized spacial score (nSPS) is 18.0. The van der Waals surface area contributed by atoms with E-state index in [4.69, 9.17) is 4.74 Å². The van der Waals surface area contributed by atoms with Crippen LogP contribution in [0.5, 0.6) is 5.75 Å². The second-order valence-corrected chi connectivity index (χ2v) is 7.69. The molecule has 4 rings (SSSR count). The summed E-state index contributed by atoms with van der Waals surface area (Å²) in [6.45, 7) is 4.99. The number of fused-ring (bicyclic) bond motifs is 1. The van der Waals surface area contributed by atoms with Crippen LogP contribution in [0.25, 0.3) is 0 Å². The Bertz CT molecular complexity index is 796. The molecule has 1 amide bonds. The van der Waals surface area contributed by atoms with Crippen molar-refractivity contribution >= 4 is 5.91 Å². The van der Waals surface area contributed by atoms with E-state index < -0.39 is 0 Å². The molecule has 2 aromatic carbocycles. The molecule has 1 fully saturated rings. The quantitative estimate of drug-likeness (QED) is 0.785. The number of para-hydroxylation sites is 1. The number of likely N-dealkylation sites (tertiary alicyclic amines) is 1. The number of methoxy groups -OCH3 is 1. The van der Waals surface area contributed by atoms with Crippen LogP contribution in [0.3, 0.4) is 0 Å². The summed E-state index contributed by atoms with van der Waals surface area (Å²) in [5, 5.41) is 0. The maximum atomic E-state index is 12.6. The van der Waals surface area contributed by atoms with Crippen molar-refractivity contribution in [2.75, 3.05) is 33.3 Å². The second-order valence-electron chi connectivity index (χ2n) is 7.69. The molecule has 1 saturated heterocycles. The van der Waals surface area contributed by atoms with Crippen LogP contribution in [-0.2, 0) is 13.0 Å². The van der Waals surface area contributed by atoms with Crippen LogP contribution in [0.4, 0.5) is 0 Å². The molecular weight excluding hydrogens is 336 g/mol. The van der Waals surface area contributed by atoms with Gasteiger partial charge in [-0.3, -0.25) is 4.79 Å². The molecule has 0 aromatic heterocycles. The minimum atomic E-state index is 0.212. The third kappa shape index (κ3) is 4.01. The van der Waals surface area contributed by atoms with E-state index in [9.17, 15) is 4.79 Å². The van der Waals surface area contributed by atoms with Gasteiger partial charge < -0.3 is 14.5 Å². The number of ether oxygens (including phenoxy) is 1. The minimum Gasteiger partial charge on any atom is -0.496 e. The van der Waals surface area contributed by atoms with Crippen LogP contribution in [-0.4, -0.2) is 49.0 Å². The topological polar surface area (TPSA) is 32.8 Å². The van der Waals surface area contributed by atoms with E-state index in [0.29, 0.717) is 5.92 Å². The van der Waals surface area contributed by atoms with Gasteiger partial charge in [-0.1, -0.05) is 36.4 Å². The van der Waals surface area contributed by atoms with Crippen molar-refractivity contribution in [3.63, 3.8) is 0 Å². The summed E-state index contributed by atoms with van der Waals surface area (Å²) in [5.74, 6) is 1.81. The number of amides is 1. The van der Waals surface area contributed by atoms with Gasteiger partial charge in [0.25, 0.3) is 5.91 Å². The van der Waals surface area contributed by atoms with Gasteiger partial charge in [-0.2, -0.15) is 0 Å². The van der Waals surface area contributed by atoms with Gasteiger partial charge in [0.1, 0.15) is 5.75 Å². The number of carbonyl (C=O) groups is 1. The lowest BCUT2D eigenvalue weighted by Gasteiger charge is -2.34. The monoisotopic (exact) mass is 364 g/mol. The lowest BCUT2D eigenvalue weighted by molar-refractivity contribution is 0.0714. The maximum Gasteiger partial charge on any atom is 0.254 e. The molecule has 4 heteroatoms. The highest BCUT2D eigenvalue weighted by Crippen LogP contribution is 2.26. The smallest absolute Gasteiger partial charge is 0.254 e. The van der Waals surface area contributed by atoms with E-state index in [1.54, 1.807) is 7.11 Å². The van der Waals surface area contributed by atoms with Crippen molar-refractivity contribution in [3.8, 4) is 5.75 Å². The van der Waals surface area contributed by atoms with Gasteiger partial charge in [0.05, 0.1) is 7.11 Å². The first-order valence-corrected chi connectivity index (χ1v) is 9.96. The van der Waals surface area contributed by atoms with Gasteiger partial charge in [-0.25, -0.2) is 0 Å². The fraction of sp³-hybridized carbons (Fsp3) is 0.435. The van der Waals surface area contributed by atoms with E-state index in [1.807, 2.05) is 35.2 Å². The summed E-state index contributed by atoms with van der Waals surface area (Å²) < 4.78 is 5.46. The Morgan fingerprint density at radius 2 is 1.78 bits per heavy atom. The van der Waals surface area contributed by atoms with Crippen LogP contribution < -0.4 is 4.74 Å². The highest BCUT2D eigenvalue weighted by molar-refractivity contribution is 5.98. The van der Waals surface area contributed by atoms with Crippen molar-refractivity contribution in [1.82, 2.24) is 9.80 Å². The first-order valence-electron chi connectivity index (χ1n) is 9.96. The Morgan fingerprint density at radius 1 is 1.04 bits per heavy atom. The van der Waals surface area contributed by atoms with Crippen molar-refractivity contribution in [1.29, 1.82) is 0 Å². The van der Waals surface area contributed by atoms with Crippen molar-refractivity contribution in [2.24, 2.45) is 5.92 Å². The molecular formula is C23H28N2O2. The number of piperidine rings is 1. The summed E-state index contributed by atoms with van der Waals surface area (Å²) >= 11 is 0. The van der Waals surface area contributed by atoms with Crippen LogP contribution in [0.2, 0.25) is 0 Å². The summed E-state index contributed by atoms with van der Waals surface area (Å²) in [5.41, 5.74) is 3.35. The van der Waals surface area contributed by atoms with Gasteiger partial charge in [0.2, 0.25) is 0 Å². The molecule has 2 aliphatic rings. The van der Waals surface area contributed by atoms with Gasteiger partial charge in [-0.15, -0.1) is 0 Å². The van der Waals surface area contributed by atoms with Crippen LogP contribution in [0.1, 0.15) is 34.3 Å². The van der Waals surface area contributed by atoms with E-state index in [0.717, 1.165) is 50.5 Å². The molecule has 0 radical (unpaired) electrons. The summed E-state index contributed by atoms with van der Waals surface area (Å²) in [7, 11) is 1.74. The van der Waals surface area contributed by atoms with Crippen LogP contribution in [0.15, 0.2) is 48.5 Å². The summed E-state index contributed by atoms with van der Waals surface area (Å²) in [4.78, 5) is 17.1. The van der Waals surface area contributed by atoms with Crippen molar-refractivity contribution in [3.05, 3.63) is 65.2 Å². The molecule has 0 unspecified atom stereocenters. The molecule has 0 spiro atoms. The number of rotatable bonds is 6. The number of hydrogen-bond acceptors (Lipinski definition) is 3. The molecule has 0 N–H and O–H groups in total. The first-order chi connectivity index (χ1) is 13.2. The van der Waals surface area contributed by atoms with E-state index in [1.165, 1.54) is 24.0 Å². The largest absolute Gasteiger partial charge is 0.496 e. The van der Waals surface area contributed by atoms with Gasteiger partial charge in [0, 0.05) is 25.2 Å². The Kier molecular flexibility index (Phi) is 5.44. The predicted octanol–water partition coefficient (Wildman–Crippen LogP) is 3.61. The number of hydrogen-bond donors (Lipinski definition) is 0. The van der Waals surface area contributed by atoms with E-state index in [-0.39, 0.29) is 5.91 Å². The van der Waals surface area contributed by atoms with Crippen molar-refractivity contribution < 1.29 is 9.53 Å².